The monoisotopic (exact) mass is 333 g/mol. The summed E-state index contributed by atoms with van der Waals surface area (Å²) in [6.45, 7) is 1.58. The summed E-state index contributed by atoms with van der Waals surface area (Å²) >= 11 is 0. The second-order valence-corrected chi connectivity index (χ2v) is 6.73. The Balaban J connectivity index is 1.81. The summed E-state index contributed by atoms with van der Waals surface area (Å²) in [5, 5.41) is 13.1. The van der Waals surface area contributed by atoms with E-state index in [1.165, 1.54) is 0 Å². The zero-order chi connectivity index (χ0) is 17.6. The van der Waals surface area contributed by atoms with E-state index in [1.807, 2.05) is 30.3 Å². The van der Waals surface area contributed by atoms with Crippen LogP contribution in [0.25, 0.3) is 0 Å². The number of allylic oxidation sites excluding steroid dienone is 2. The number of fused-ring (bicyclic) bond motifs is 3. The van der Waals surface area contributed by atoms with E-state index in [0.717, 1.165) is 23.2 Å². The lowest BCUT2D eigenvalue weighted by atomic mass is 9.75. The van der Waals surface area contributed by atoms with E-state index in [1.54, 1.807) is 19.1 Å². The van der Waals surface area contributed by atoms with Crippen LogP contribution in [-0.2, 0) is 0 Å². The molecule has 3 atom stereocenters. The predicted octanol–water partition coefficient (Wildman–Crippen LogP) is 4.41. The van der Waals surface area contributed by atoms with Crippen LogP contribution >= 0.6 is 0 Å². The van der Waals surface area contributed by atoms with E-state index in [9.17, 15) is 14.7 Å². The normalized spacial score (nSPS) is 23.5. The first-order chi connectivity index (χ1) is 12.1. The average molecular weight is 333 g/mol. The number of carbonyl (C=O) groups excluding carboxylic acids is 1. The van der Waals surface area contributed by atoms with Gasteiger partial charge in [-0.2, -0.15) is 0 Å². The SMILES string of the molecule is CC(=O)c1ccc2c(c1)[C@@H]1C=CC[C@@H]1[C@H](c1ccccc1C(=O)O)N2. The van der Waals surface area contributed by atoms with Crippen LogP contribution in [-0.4, -0.2) is 16.9 Å². The van der Waals surface area contributed by atoms with E-state index >= 15 is 0 Å². The van der Waals surface area contributed by atoms with Crippen LogP contribution in [0.15, 0.2) is 54.6 Å². The Morgan fingerprint density at radius 2 is 1.92 bits per heavy atom. The van der Waals surface area contributed by atoms with Crippen LogP contribution in [0.3, 0.4) is 0 Å². The molecule has 25 heavy (non-hydrogen) atoms. The fourth-order valence-electron chi connectivity index (χ4n) is 4.08. The minimum absolute atomic E-state index is 0.0553. The summed E-state index contributed by atoms with van der Waals surface area (Å²) < 4.78 is 0. The van der Waals surface area contributed by atoms with Crippen molar-refractivity contribution in [3.63, 3.8) is 0 Å². The second-order valence-electron chi connectivity index (χ2n) is 6.73. The Bertz CT molecular complexity index is 900. The third-order valence-electron chi connectivity index (χ3n) is 5.30. The van der Waals surface area contributed by atoms with Crippen LogP contribution in [0.5, 0.6) is 0 Å². The van der Waals surface area contributed by atoms with Crippen LogP contribution in [0.4, 0.5) is 5.69 Å². The molecule has 4 heteroatoms. The molecule has 4 nitrogen and oxygen atoms in total. The molecule has 0 saturated carbocycles. The number of ketones is 1. The number of carboxylic acids is 1. The maximum Gasteiger partial charge on any atom is 0.336 e. The lowest BCUT2D eigenvalue weighted by molar-refractivity contribution is 0.0694. The predicted molar refractivity (Wildman–Crippen MR) is 96.2 cm³/mol. The summed E-state index contributed by atoms with van der Waals surface area (Å²) in [6.07, 6.45) is 5.23. The molecular weight excluding hydrogens is 314 g/mol. The van der Waals surface area contributed by atoms with Gasteiger partial charge in [-0.15, -0.1) is 0 Å². The Labute approximate surface area is 146 Å². The summed E-state index contributed by atoms with van der Waals surface area (Å²) in [6, 6.07) is 12.9. The number of rotatable bonds is 3. The number of carboxylic acid groups (broad SMARTS) is 1. The zero-order valence-electron chi connectivity index (χ0n) is 13.9. The van der Waals surface area contributed by atoms with Gasteiger partial charge in [0.25, 0.3) is 0 Å². The molecule has 0 spiro atoms. The van der Waals surface area contributed by atoms with Crippen molar-refractivity contribution in [1.82, 2.24) is 0 Å². The van der Waals surface area contributed by atoms with Crippen molar-refractivity contribution in [2.75, 3.05) is 5.32 Å². The van der Waals surface area contributed by atoms with Gasteiger partial charge in [0, 0.05) is 17.2 Å². The minimum atomic E-state index is -0.905. The smallest absolute Gasteiger partial charge is 0.336 e. The molecule has 2 aliphatic rings. The number of Topliss-reactive ketones (excluding diaryl/α,β-unsaturated/α-hetero) is 1. The van der Waals surface area contributed by atoms with Gasteiger partial charge < -0.3 is 10.4 Å². The summed E-state index contributed by atoms with van der Waals surface area (Å²) in [7, 11) is 0. The van der Waals surface area contributed by atoms with E-state index in [2.05, 4.69) is 17.5 Å². The number of hydrogen-bond donors (Lipinski definition) is 2. The molecule has 2 aromatic carbocycles. The Morgan fingerprint density at radius 1 is 1.12 bits per heavy atom. The van der Waals surface area contributed by atoms with Crippen LogP contribution in [0.1, 0.15) is 57.1 Å². The number of aromatic carboxylic acids is 1. The molecule has 0 unspecified atom stereocenters. The third kappa shape index (κ3) is 2.54. The number of anilines is 1. The van der Waals surface area contributed by atoms with Crippen LogP contribution < -0.4 is 5.32 Å². The maximum atomic E-state index is 11.7. The molecule has 0 saturated heterocycles. The Morgan fingerprint density at radius 3 is 2.68 bits per heavy atom. The molecule has 1 aliphatic carbocycles. The van der Waals surface area contributed by atoms with Crippen molar-refractivity contribution in [3.8, 4) is 0 Å². The lowest BCUT2D eigenvalue weighted by Gasteiger charge is -2.38. The molecule has 2 aromatic rings. The third-order valence-corrected chi connectivity index (χ3v) is 5.30. The first kappa shape index (κ1) is 15.6. The number of benzene rings is 2. The molecule has 1 aliphatic heterocycles. The second kappa shape index (κ2) is 5.88. The van der Waals surface area contributed by atoms with Gasteiger partial charge in [0.1, 0.15) is 0 Å². The van der Waals surface area contributed by atoms with Crippen LogP contribution in [0, 0.1) is 5.92 Å². The molecule has 0 fully saturated rings. The van der Waals surface area contributed by atoms with Gasteiger partial charge >= 0.3 is 5.97 Å². The fraction of sp³-hybridized carbons (Fsp3) is 0.238. The van der Waals surface area contributed by atoms with Crippen molar-refractivity contribution < 1.29 is 14.7 Å². The quantitative estimate of drug-likeness (QED) is 0.645. The molecule has 0 amide bonds. The average Bonchev–Trinajstić information content (AvgIpc) is 3.10. The van der Waals surface area contributed by atoms with Crippen molar-refractivity contribution >= 4 is 17.4 Å². The molecule has 0 radical (unpaired) electrons. The van der Waals surface area contributed by atoms with Gasteiger partial charge in [0.2, 0.25) is 0 Å². The topological polar surface area (TPSA) is 66.4 Å². The highest BCUT2D eigenvalue weighted by Crippen LogP contribution is 2.50. The van der Waals surface area contributed by atoms with Crippen molar-refractivity contribution in [2.45, 2.75) is 25.3 Å². The number of hydrogen-bond acceptors (Lipinski definition) is 3. The van der Waals surface area contributed by atoms with Crippen molar-refractivity contribution in [3.05, 3.63) is 76.9 Å². The van der Waals surface area contributed by atoms with Gasteiger partial charge in [0.05, 0.1) is 11.6 Å². The van der Waals surface area contributed by atoms with Gasteiger partial charge in [-0.1, -0.05) is 30.4 Å². The standard InChI is InChI=1S/C21H19NO3/c1-12(23)13-9-10-19-18(11-13)14-7-4-8-15(14)20(22-19)16-5-2-3-6-17(16)21(24)25/h2-7,9-11,14-15,20,22H,8H2,1H3,(H,24,25)/t14-,15+,20-/m1/s1. The molecule has 0 aromatic heterocycles. The molecule has 1 heterocycles. The number of nitrogens with one attached hydrogen (secondary N) is 1. The highest BCUT2D eigenvalue weighted by molar-refractivity contribution is 5.95. The Hall–Kier alpha value is -2.88. The molecule has 126 valence electrons. The van der Waals surface area contributed by atoms with Gasteiger partial charge in [-0.25, -0.2) is 4.79 Å². The first-order valence-corrected chi connectivity index (χ1v) is 8.46. The fourth-order valence-corrected chi connectivity index (χ4v) is 4.08. The van der Waals surface area contributed by atoms with E-state index < -0.39 is 5.97 Å². The van der Waals surface area contributed by atoms with Gasteiger partial charge in [0.15, 0.2) is 5.78 Å². The van der Waals surface area contributed by atoms with E-state index in [4.69, 9.17) is 0 Å². The molecule has 4 rings (SSSR count). The summed E-state index contributed by atoms with van der Waals surface area (Å²) in [5.41, 5.74) is 3.96. The van der Waals surface area contributed by atoms with E-state index in [0.29, 0.717) is 11.1 Å². The van der Waals surface area contributed by atoms with Crippen molar-refractivity contribution in [2.24, 2.45) is 5.92 Å². The highest BCUT2D eigenvalue weighted by Gasteiger charge is 2.39. The van der Waals surface area contributed by atoms with Crippen LogP contribution in [0.2, 0.25) is 0 Å². The highest BCUT2D eigenvalue weighted by atomic mass is 16.4. The van der Waals surface area contributed by atoms with E-state index in [-0.39, 0.29) is 23.7 Å². The Kier molecular flexibility index (Phi) is 3.68. The zero-order valence-corrected chi connectivity index (χ0v) is 13.9. The summed E-state index contributed by atoms with van der Waals surface area (Å²) in [4.78, 5) is 23.4. The van der Waals surface area contributed by atoms with Gasteiger partial charge in [-0.05, 0) is 54.7 Å². The first-order valence-electron chi connectivity index (χ1n) is 8.46. The maximum absolute atomic E-state index is 11.7. The summed E-state index contributed by atoms with van der Waals surface area (Å²) in [5.74, 6) is -0.407. The molecular formula is C21H19NO3. The largest absolute Gasteiger partial charge is 0.478 e. The molecule has 0 bridgehead atoms. The lowest BCUT2D eigenvalue weighted by Crippen LogP contribution is -2.30. The molecule has 2 N–H and O–H groups in total. The number of carbonyl (C=O) groups is 2. The van der Waals surface area contributed by atoms with Crippen molar-refractivity contribution in [1.29, 1.82) is 0 Å². The minimum Gasteiger partial charge on any atom is -0.478 e. The van der Waals surface area contributed by atoms with Gasteiger partial charge in [-0.3, -0.25) is 4.79 Å².